The normalized spacial score (nSPS) is 11.7. The fraction of sp³-hybridized carbons (Fsp3) is 0.200. The van der Waals surface area contributed by atoms with Gasteiger partial charge in [0.25, 0.3) is 5.91 Å². The molecule has 140 valence electrons. The highest BCUT2D eigenvalue weighted by Crippen LogP contribution is 2.16. The van der Waals surface area contributed by atoms with E-state index in [2.05, 4.69) is 15.0 Å². The van der Waals surface area contributed by atoms with E-state index in [9.17, 15) is 13.2 Å². The Morgan fingerprint density at radius 3 is 2.63 bits per heavy atom. The van der Waals surface area contributed by atoms with E-state index in [0.717, 1.165) is 16.5 Å². The Morgan fingerprint density at radius 2 is 1.85 bits per heavy atom. The van der Waals surface area contributed by atoms with Gasteiger partial charge in [0.1, 0.15) is 0 Å². The largest absolute Gasteiger partial charge is 0.346 e. The molecular weight excluding hydrogens is 362 g/mol. The summed E-state index contributed by atoms with van der Waals surface area (Å²) in [7, 11) is -3.65. The monoisotopic (exact) mass is 383 g/mol. The van der Waals surface area contributed by atoms with Crippen molar-refractivity contribution in [3.05, 3.63) is 72.1 Å². The number of carbonyl (C=O) groups is 1. The highest BCUT2D eigenvalue weighted by atomic mass is 32.2. The van der Waals surface area contributed by atoms with Gasteiger partial charge in [-0.2, -0.15) is 0 Å². The second-order valence-electron chi connectivity index (χ2n) is 6.47. The summed E-state index contributed by atoms with van der Waals surface area (Å²) in [6.45, 7) is 3.73. The van der Waals surface area contributed by atoms with Crippen LogP contribution in [0.2, 0.25) is 0 Å². The molecule has 0 atom stereocenters. The maximum Gasteiger partial charge on any atom is 0.251 e. The van der Waals surface area contributed by atoms with Crippen molar-refractivity contribution in [1.29, 1.82) is 0 Å². The van der Waals surface area contributed by atoms with Crippen LogP contribution in [0.25, 0.3) is 10.8 Å². The number of aromatic nitrogens is 1. The first-order valence-electron chi connectivity index (χ1n) is 8.60. The molecule has 0 saturated carbocycles. The number of nitrogens with one attached hydrogen (secondary N) is 2. The number of rotatable bonds is 6. The number of benzene rings is 2. The van der Waals surface area contributed by atoms with Crippen LogP contribution in [-0.2, 0) is 16.6 Å². The molecule has 6 nitrogen and oxygen atoms in total. The van der Waals surface area contributed by atoms with Crippen molar-refractivity contribution in [3.63, 3.8) is 0 Å². The van der Waals surface area contributed by atoms with Crippen LogP contribution in [-0.4, -0.2) is 25.4 Å². The third-order valence-corrected chi connectivity index (χ3v) is 5.63. The lowest BCUT2D eigenvalue weighted by molar-refractivity contribution is 0.0950. The molecule has 3 aromatic rings. The molecule has 0 aliphatic rings. The topological polar surface area (TPSA) is 88.2 Å². The number of fused-ring (bicyclic) bond motifs is 1. The van der Waals surface area contributed by atoms with E-state index in [-0.39, 0.29) is 29.0 Å². The Morgan fingerprint density at radius 1 is 1.07 bits per heavy atom. The van der Waals surface area contributed by atoms with Crippen molar-refractivity contribution in [2.24, 2.45) is 0 Å². The fourth-order valence-electron chi connectivity index (χ4n) is 2.77. The van der Waals surface area contributed by atoms with Crippen LogP contribution in [0.3, 0.4) is 0 Å². The van der Waals surface area contributed by atoms with Gasteiger partial charge in [-0.05, 0) is 43.5 Å². The summed E-state index contributed by atoms with van der Waals surface area (Å²) in [5, 5.41) is 4.83. The SMILES string of the molecule is CC(C)NS(=O)(=O)c1cccc(C(=O)NCc2nccc3ccccc23)c1. The predicted octanol–water partition coefficient (Wildman–Crippen LogP) is 2.85. The molecule has 0 unspecified atom stereocenters. The van der Waals surface area contributed by atoms with Gasteiger partial charge in [-0.15, -0.1) is 0 Å². The summed E-state index contributed by atoms with van der Waals surface area (Å²) in [5.41, 5.74) is 1.04. The first-order chi connectivity index (χ1) is 12.9. The molecule has 0 saturated heterocycles. The number of hydrogen-bond donors (Lipinski definition) is 2. The van der Waals surface area contributed by atoms with Gasteiger partial charge in [0.2, 0.25) is 10.0 Å². The average molecular weight is 383 g/mol. The first kappa shape index (κ1) is 19.0. The second kappa shape index (κ2) is 7.85. The molecule has 0 radical (unpaired) electrons. The Bertz CT molecular complexity index is 1070. The van der Waals surface area contributed by atoms with E-state index in [1.165, 1.54) is 12.1 Å². The van der Waals surface area contributed by atoms with Crippen molar-refractivity contribution < 1.29 is 13.2 Å². The number of pyridine rings is 1. The van der Waals surface area contributed by atoms with Gasteiger partial charge in [0, 0.05) is 23.2 Å². The zero-order valence-corrected chi connectivity index (χ0v) is 16.0. The molecule has 27 heavy (non-hydrogen) atoms. The summed E-state index contributed by atoms with van der Waals surface area (Å²) in [6.07, 6.45) is 1.70. The van der Waals surface area contributed by atoms with E-state index in [1.54, 1.807) is 32.2 Å². The molecule has 2 aromatic carbocycles. The van der Waals surface area contributed by atoms with Crippen molar-refractivity contribution in [1.82, 2.24) is 15.0 Å². The van der Waals surface area contributed by atoms with E-state index in [1.807, 2.05) is 30.3 Å². The highest BCUT2D eigenvalue weighted by Gasteiger charge is 2.17. The van der Waals surface area contributed by atoms with E-state index in [4.69, 9.17) is 0 Å². The Labute approximate surface area is 158 Å². The predicted molar refractivity (Wildman–Crippen MR) is 105 cm³/mol. The molecule has 3 rings (SSSR count). The number of amides is 1. The van der Waals surface area contributed by atoms with Crippen LogP contribution in [0.4, 0.5) is 0 Å². The quantitative estimate of drug-likeness (QED) is 0.685. The highest BCUT2D eigenvalue weighted by molar-refractivity contribution is 7.89. The molecule has 0 bridgehead atoms. The molecule has 7 heteroatoms. The van der Waals surface area contributed by atoms with Crippen LogP contribution in [0.1, 0.15) is 29.9 Å². The van der Waals surface area contributed by atoms with Crippen LogP contribution in [0, 0.1) is 0 Å². The maximum absolute atomic E-state index is 12.5. The maximum atomic E-state index is 12.5. The Kier molecular flexibility index (Phi) is 5.53. The molecular formula is C20H21N3O3S. The zero-order chi connectivity index (χ0) is 19.4. The van der Waals surface area contributed by atoms with Crippen molar-refractivity contribution in [3.8, 4) is 0 Å². The average Bonchev–Trinajstić information content (AvgIpc) is 2.65. The van der Waals surface area contributed by atoms with Crippen LogP contribution < -0.4 is 10.0 Å². The Balaban J connectivity index is 1.78. The van der Waals surface area contributed by atoms with Gasteiger partial charge < -0.3 is 5.32 Å². The van der Waals surface area contributed by atoms with Crippen LogP contribution in [0.5, 0.6) is 0 Å². The lowest BCUT2D eigenvalue weighted by atomic mass is 10.1. The van der Waals surface area contributed by atoms with Gasteiger partial charge >= 0.3 is 0 Å². The molecule has 1 aromatic heterocycles. The van der Waals surface area contributed by atoms with Gasteiger partial charge in [0.05, 0.1) is 17.1 Å². The van der Waals surface area contributed by atoms with Crippen molar-refractivity contribution >= 4 is 26.7 Å². The van der Waals surface area contributed by atoms with Crippen molar-refractivity contribution in [2.75, 3.05) is 0 Å². The third-order valence-electron chi connectivity index (χ3n) is 3.97. The zero-order valence-electron chi connectivity index (χ0n) is 15.1. The van der Waals surface area contributed by atoms with E-state index < -0.39 is 10.0 Å². The number of carbonyl (C=O) groups excluding carboxylic acids is 1. The third kappa shape index (κ3) is 4.50. The molecule has 2 N–H and O–H groups in total. The summed E-state index contributed by atoms with van der Waals surface area (Å²) in [6, 6.07) is 15.5. The summed E-state index contributed by atoms with van der Waals surface area (Å²) < 4.78 is 27.1. The smallest absolute Gasteiger partial charge is 0.251 e. The molecule has 1 amide bonds. The first-order valence-corrected chi connectivity index (χ1v) is 10.1. The Hall–Kier alpha value is -2.77. The van der Waals surface area contributed by atoms with Gasteiger partial charge in [-0.25, -0.2) is 13.1 Å². The summed E-state index contributed by atoms with van der Waals surface area (Å²) >= 11 is 0. The van der Waals surface area contributed by atoms with Crippen LogP contribution in [0.15, 0.2) is 65.7 Å². The van der Waals surface area contributed by atoms with Gasteiger partial charge in [0.15, 0.2) is 0 Å². The summed E-state index contributed by atoms with van der Waals surface area (Å²) in [5.74, 6) is -0.355. The van der Waals surface area contributed by atoms with E-state index >= 15 is 0 Å². The van der Waals surface area contributed by atoms with E-state index in [0.29, 0.717) is 0 Å². The summed E-state index contributed by atoms with van der Waals surface area (Å²) in [4.78, 5) is 16.9. The second-order valence-corrected chi connectivity index (χ2v) is 8.18. The molecule has 0 fully saturated rings. The standard InChI is InChI=1S/C20H21N3O3S/c1-14(2)23-27(25,26)17-8-5-7-16(12-17)20(24)22-13-19-18-9-4-3-6-15(18)10-11-21-19/h3-12,14,23H,13H2,1-2H3,(H,22,24). The molecule has 0 spiro atoms. The minimum Gasteiger partial charge on any atom is -0.346 e. The minimum absolute atomic E-state index is 0.0622. The number of hydrogen-bond acceptors (Lipinski definition) is 4. The van der Waals surface area contributed by atoms with Gasteiger partial charge in [-0.1, -0.05) is 30.3 Å². The fourth-order valence-corrected chi connectivity index (χ4v) is 4.07. The lowest BCUT2D eigenvalue weighted by Crippen LogP contribution is -2.30. The molecule has 1 heterocycles. The van der Waals surface area contributed by atoms with Gasteiger partial charge in [-0.3, -0.25) is 9.78 Å². The minimum atomic E-state index is -3.65. The molecule has 0 aliphatic carbocycles. The lowest BCUT2D eigenvalue weighted by Gasteiger charge is -2.11. The number of nitrogens with zero attached hydrogens (tertiary/aromatic N) is 1. The number of sulfonamides is 1. The molecule has 0 aliphatic heterocycles. The van der Waals surface area contributed by atoms with Crippen molar-refractivity contribution in [2.45, 2.75) is 31.3 Å². The van der Waals surface area contributed by atoms with Crippen LogP contribution >= 0.6 is 0 Å².